The minimum absolute atomic E-state index is 0.0453. The van der Waals surface area contributed by atoms with Crippen LogP contribution in [0.15, 0.2) is 77.7 Å². The summed E-state index contributed by atoms with van der Waals surface area (Å²) in [4.78, 5) is 28.2. The Morgan fingerprint density at radius 3 is 2.20 bits per heavy atom. The van der Waals surface area contributed by atoms with Gasteiger partial charge in [0.1, 0.15) is 24.1 Å². The lowest BCUT2D eigenvalue weighted by molar-refractivity contribution is -0.140. The lowest BCUT2D eigenvalue weighted by Gasteiger charge is -2.33. The predicted octanol–water partition coefficient (Wildman–Crippen LogP) is 4.50. The molecular weight excluding hydrogens is 554 g/mol. The Hall–Kier alpha value is -3.76. The molecule has 0 aliphatic heterocycles. The minimum Gasteiger partial charge on any atom is -0.497 e. The van der Waals surface area contributed by atoms with Gasteiger partial charge in [-0.3, -0.25) is 13.9 Å². The molecule has 40 heavy (non-hydrogen) atoms. The molecule has 0 fully saturated rings. The standard InChI is InChI=1S/C29H34ClN3O6S/c1-5-25(29(35)31-3)32(19-21-11-15-23(38-4)16-12-21)28(34)20-33(26-9-7-8-10-27(26)39-6-2)40(36,37)24-17-13-22(30)14-18-24/h7-18,25H,5-6,19-20H2,1-4H3,(H,31,35). The predicted molar refractivity (Wildman–Crippen MR) is 155 cm³/mol. The van der Waals surface area contributed by atoms with Gasteiger partial charge in [0.2, 0.25) is 11.8 Å². The third kappa shape index (κ3) is 7.25. The minimum atomic E-state index is -4.25. The van der Waals surface area contributed by atoms with Gasteiger partial charge in [-0.1, -0.05) is 42.8 Å². The monoisotopic (exact) mass is 587 g/mol. The van der Waals surface area contributed by atoms with E-state index in [1.54, 1.807) is 69.5 Å². The topological polar surface area (TPSA) is 105 Å². The molecule has 1 atom stereocenters. The lowest BCUT2D eigenvalue weighted by Crippen LogP contribution is -2.51. The molecule has 0 spiro atoms. The van der Waals surface area contributed by atoms with E-state index in [1.165, 1.54) is 36.2 Å². The van der Waals surface area contributed by atoms with Crippen molar-refractivity contribution in [3.05, 3.63) is 83.4 Å². The summed E-state index contributed by atoms with van der Waals surface area (Å²) in [5, 5.41) is 2.98. The van der Waals surface area contributed by atoms with Gasteiger partial charge >= 0.3 is 0 Å². The van der Waals surface area contributed by atoms with Crippen LogP contribution in [0.5, 0.6) is 11.5 Å². The van der Waals surface area contributed by atoms with Gasteiger partial charge in [0, 0.05) is 18.6 Å². The molecule has 0 saturated heterocycles. The summed E-state index contributed by atoms with van der Waals surface area (Å²) in [6.45, 7) is 3.37. The highest BCUT2D eigenvalue weighted by Gasteiger charge is 2.34. The molecule has 1 N–H and O–H groups in total. The zero-order valence-electron chi connectivity index (χ0n) is 23.0. The van der Waals surface area contributed by atoms with Gasteiger partial charge in [0.25, 0.3) is 10.0 Å². The average Bonchev–Trinajstić information content (AvgIpc) is 2.96. The Labute approximate surface area is 240 Å². The van der Waals surface area contributed by atoms with Crippen molar-refractivity contribution >= 4 is 39.1 Å². The number of methoxy groups -OCH3 is 1. The molecule has 2 amide bonds. The van der Waals surface area contributed by atoms with Crippen molar-refractivity contribution in [3.63, 3.8) is 0 Å². The second-order valence-corrected chi connectivity index (χ2v) is 11.1. The van der Waals surface area contributed by atoms with Crippen LogP contribution in [0.2, 0.25) is 5.02 Å². The number of sulfonamides is 1. The van der Waals surface area contributed by atoms with Crippen molar-refractivity contribution in [1.29, 1.82) is 0 Å². The van der Waals surface area contributed by atoms with Crippen LogP contribution in [0, 0.1) is 0 Å². The first kappa shape index (κ1) is 30.8. The molecule has 11 heteroatoms. The molecule has 3 aromatic carbocycles. The van der Waals surface area contributed by atoms with Gasteiger partial charge in [-0.15, -0.1) is 0 Å². The number of amides is 2. The molecule has 3 aromatic rings. The second-order valence-electron chi connectivity index (χ2n) is 8.77. The third-order valence-corrected chi connectivity index (χ3v) is 8.28. The van der Waals surface area contributed by atoms with E-state index in [1.807, 2.05) is 0 Å². The molecule has 3 rings (SSSR count). The molecule has 0 aliphatic carbocycles. The number of benzene rings is 3. The SMILES string of the molecule is CCOc1ccccc1N(CC(=O)N(Cc1ccc(OC)cc1)C(CC)C(=O)NC)S(=O)(=O)c1ccc(Cl)cc1. The number of para-hydroxylation sites is 2. The van der Waals surface area contributed by atoms with Crippen molar-refractivity contribution < 1.29 is 27.5 Å². The summed E-state index contributed by atoms with van der Waals surface area (Å²) >= 11 is 6.01. The molecule has 0 aliphatic rings. The van der Waals surface area contributed by atoms with Gasteiger partial charge in [0.05, 0.1) is 24.3 Å². The summed E-state index contributed by atoms with van der Waals surface area (Å²) < 4.78 is 39.9. The fourth-order valence-electron chi connectivity index (χ4n) is 4.20. The van der Waals surface area contributed by atoms with Crippen LogP contribution in [0.25, 0.3) is 0 Å². The van der Waals surface area contributed by atoms with E-state index in [4.69, 9.17) is 21.1 Å². The summed E-state index contributed by atoms with van der Waals surface area (Å²) in [7, 11) is -1.20. The fraction of sp³-hybridized carbons (Fsp3) is 0.310. The van der Waals surface area contributed by atoms with Crippen LogP contribution < -0.4 is 19.1 Å². The highest BCUT2D eigenvalue weighted by atomic mass is 35.5. The molecular formula is C29H34ClN3O6S. The third-order valence-electron chi connectivity index (χ3n) is 6.26. The largest absolute Gasteiger partial charge is 0.497 e. The summed E-state index contributed by atoms with van der Waals surface area (Å²) in [6.07, 6.45) is 0.320. The van der Waals surface area contributed by atoms with E-state index < -0.39 is 28.5 Å². The van der Waals surface area contributed by atoms with E-state index in [0.717, 1.165) is 9.87 Å². The number of hydrogen-bond donors (Lipinski definition) is 1. The van der Waals surface area contributed by atoms with Gasteiger partial charge in [-0.25, -0.2) is 8.42 Å². The van der Waals surface area contributed by atoms with E-state index in [9.17, 15) is 18.0 Å². The highest BCUT2D eigenvalue weighted by Crippen LogP contribution is 2.33. The smallest absolute Gasteiger partial charge is 0.264 e. The summed E-state index contributed by atoms with van der Waals surface area (Å²) in [6, 6.07) is 18.6. The van der Waals surface area contributed by atoms with Crippen LogP contribution in [-0.2, 0) is 26.2 Å². The Morgan fingerprint density at radius 1 is 0.975 bits per heavy atom. The number of carbonyl (C=O) groups excluding carboxylic acids is 2. The molecule has 0 radical (unpaired) electrons. The first-order valence-corrected chi connectivity index (χ1v) is 14.6. The van der Waals surface area contributed by atoms with E-state index >= 15 is 0 Å². The van der Waals surface area contributed by atoms with Crippen molar-refractivity contribution in [3.8, 4) is 11.5 Å². The normalized spacial score (nSPS) is 11.8. The Kier molecular flexibility index (Phi) is 10.8. The maximum absolute atomic E-state index is 14.0. The highest BCUT2D eigenvalue weighted by molar-refractivity contribution is 7.92. The molecule has 0 aromatic heterocycles. The van der Waals surface area contributed by atoms with Crippen LogP contribution in [0.1, 0.15) is 25.8 Å². The second kappa shape index (κ2) is 14.0. The molecule has 0 saturated carbocycles. The van der Waals surface area contributed by atoms with Crippen molar-refractivity contribution in [2.45, 2.75) is 37.8 Å². The van der Waals surface area contributed by atoms with Gasteiger partial charge in [-0.05, 0) is 67.4 Å². The van der Waals surface area contributed by atoms with E-state index in [0.29, 0.717) is 22.9 Å². The maximum atomic E-state index is 14.0. The maximum Gasteiger partial charge on any atom is 0.264 e. The number of likely N-dealkylation sites (N-methyl/N-ethyl adjacent to an activating group) is 1. The van der Waals surface area contributed by atoms with Crippen molar-refractivity contribution in [2.24, 2.45) is 0 Å². The first-order chi connectivity index (χ1) is 19.2. The molecule has 0 heterocycles. The number of halogens is 1. The summed E-state index contributed by atoms with van der Waals surface area (Å²) in [5.41, 5.74) is 0.948. The average molecular weight is 588 g/mol. The number of nitrogens with zero attached hydrogens (tertiary/aromatic N) is 2. The zero-order chi connectivity index (χ0) is 29.3. The van der Waals surface area contributed by atoms with E-state index in [-0.39, 0.29) is 29.6 Å². The van der Waals surface area contributed by atoms with Crippen LogP contribution in [0.3, 0.4) is 0 Å². The zero-order valence-corrected chi connectivity index (χ0v) is 24.5. The number of rotatable bonds is 13. The number of ether oxygens (including phenoxy) is 2. The van der Waals surface area contributed by atoms with E-state index in [2.05, 4.69) is 5.32 Å². The number of nitrogens with one attached hydrogen (secondary N) is 1. The van der Waals surface area contributed by atoms with Gasteiger partial charge < -0.3 is 19.7 Å². The van der Waals surface area contributed by atoms with Crippen molar-refractivity contribution in [2.75, 3.05) is 31.6 Å². The fourth-order valence-corrected chi connectivity index (χ4v) is 5.75. The Bertz CT molecular complexity index is 1400. The Morgan fingerprint density at radius 2 is 1.62 bits per heavy atom. The molecule has 1 unspecified atom stereocenters. The lowest BCUT2D eigenvalue weighted by atomic mass is 10.1. The van der Waals surface area contributed by atoms with Crippen LogP contribution >= 0.6 is 11.6 Å². The quantitative estimate of drug-likeness (QED) is 0.316. The van der Waals surface area contributed by atoms with Gasteiger partial charge in [-0.2, -0.15) is 0 Å². The molecule has 9 nitrogen and oxygen atoms in total. The van der Waals surface area contributed by atoms with Crippen LogP contribution in [-0.4, -0.2) is 58.5 Å². The summed E-state index contributed by atoms with van der Waals surface area (Å²) in [5.74, 6) is 0.0319. The van der Waals surface area contributed by atoms with Crippen molar-refractivity contribution in [1.82, 2.24) is 10.2 Å². The number of anilines is 1. The van der Waals surface area contributed by atoms with Gasteiger partial charge in [0.15, 0.2) is 0 Å². The first-order valence-electron chi connectivity index (χ1n) is 12.8. The number of carbonyl (C=O) groups is 2. The van der Waals surface area contributed by atoms with Crippen LogP contribution in [0.4, 0.5) is 5.69 Å². The molecule has 214 valence electrons. The Balaban J connectivity index is 2.09. The number of hydrogen-bond acceptors (Lipinski definition) is 6. The molecule has 0 bridgehead atoms.